The third-order valence-electron chi connectivity index (χ3n) is 7.90. The summed E-state index contributed by atoms with van der Waals surface area (Å²) in [7, 11) is 2.17. The number of nitrogens with one attached hydrogen (secondary N) is 1. The molecule has 7 nitrogen and oxygen atoms in total. The number of benzene rings is 2. The molecule has 0 radical (unpaired) electrons. The molecule has 0 spiro atoms. The van der Waals surface area contributed by atoms with Crippen LogP contribution in [0.1, 0.15) is 40.9 Å². The molecule has 2 aliphatic rings. The maximum atomic E-state index is 13.3. The Hall–Kier alpha value is -2.68. The van der Waals surface area contributed by atoms with Gasteiger partial charge in [0, 0.05) is 60.2 Å². The number of carbonyl (C=O) groups is 1. The van der Waals surface area contributed by atoms with Crippen molar-refractivity contribution in [2.45, 2.75) is 45.8 Å². The quantitative estimate of drug-likeness (QED) is 0.361. The summed E-state index contributed by atoms with van der Waals surface area (Å²) in [5, 5.41) is 1.45. The largest absolute Gasteiger partial charge is 0.422 e. The summed E-state index contributed by atoms with van der Waals surface area (Å²) in [5.41, 5.74) is 5.22. The fourth-order valence-corrected chi connectivity index (χ4v) is 6.27. The third kappa shape index (κ3) is 4.71. The number of rotatable bonds is 4. The van der Waals surface area contributed by atoms with Crippen molar-refractivity contribution >= 4 is 51.8 Å². The van der Waals surface area contributed by atoms with Crippen molar-refractivity contribution < 1.29 is 9.21 Å². The average molecular weight is 541 g/mol. The van der Waals surface area contributed by atoms with Crippen LogP contribution in [0.25, 0.3) is 11.0 Å². The number of piperazine rings is 1. The lowest BCUT2D eigenvalue weighted by Gasteiger charge is -2.44. The lowest BCUT2D eigenvalue weighted by Crippen LogP contribution is -2.55. The predicted molar refractivity (Wildman–Crippen MR) is 153 cm³/mol. The highest BCUT2D eigenvalue weighted by Crippen LogP contribution is 2.34. The Kier molecular flexibility index (Phi) is 7.18. The SMILES string of the molecule is CSNc1ccc(C(=O)N2CCc3c(c(=O)oc4c(C)c(N5CC(C)N(C)C(C)C5)ccc34)C2)cc1Cl. The number of carbonyl (C=O) groups excluding carboxylic acids is 1. The molecule has 1 fully saturated rings. The topological polar surface area (TPSA) is 69.0 Å². The molecule has 1 aromatic heterocycles. The van der Waals surface area contributed by atoms with E-state index >= 15 is 0 Å². The van der Waals surface area contributed by atoms with Gasteiger partial charge in [-0.25, -0.2) is 4.79 Å². The van der Waals surface area contributed by atoms with Crippen LogP contribution >= 0.6 is 23.5 Å². The van der Waals surface area contributed by atoms with Gasteiger partial charge in [-0.15, -0.1) is 0 Å². The molecule has 0 saturated carbocycles. The van der Waals surface area contributed by atoms with Crippen molar-refractivity contribution in [3.05, 3.63) is 68.0 Å². The number of amides is 1. The molecule has 1 amide bonds. The highest BCUT2D eigenvalue weighted by molar-refractivity contribution is 7.99. The molecule has 2 aromatic carbocycles. The molecular weight excluding hydrogens is 508 g/mol. The zero-order valence-corrected chi connectivity index (χ0v) is 23.5. The van der Waals surface area contributed by atoms with E-state index in [0.717, 1.165) is 41.0 Å². The standard InChI is InChI=1S/C28H33ClN4O3S/c1-16-13-33(14-17(2)31(16)4)25-9-7-21-20-10-11-32(15-22(20)28(35)36-26(21)18(25)3)27(34)19-6-8-24(30-37-5)23(29)12-19/h6-9,12,16-17,30H,10-11,13-15H2,1-5H3. The Bertz CT molecular complexity index is 1410. The lowest BCUT2D eigenvalue weighted by molar-refractivity contribution is 0.0733. The summed E-state index contributed by atoms with van der Waals surface area (Å²) in [6, 6.07) is 10.3. The van der Waals surface area contributed by atoms with Gasteiger partial charge in [0.1, 0.15) is 5.58 Å². The highest BCUT2D eigenvalue weighted by atomic mass is 35.5. The van der Waals surface area contributed by atoms with E-state index in [4.69, 9.17) is 16.0 Å². The number of aryl methyl sites for hydroxylation is 1. The molecular formula is C28H33ClN4O3S. The van der Waals surface area contributed by atoms with Crippen LogP contribution in [0.3, 0.4) is 0 Å². The molecule has 2 aliphatic heterocycles. The first-order valence-electron chi connectivity index (χ1n) is 12.6. The molecule has 9 heteroatoms. The normalized spacial score (nSPS) is 20.3. The van der Waals surface area contributed by atoms with Gasteiger partial charge >= 0.3 is 5.63 Å². The first-order chi connectivity index (χ1) is 17.7. The number of nitrogens with zero attached hydrogens (tertiary/aromatic N) is 3. The van der Waals surface area contributed by atoms with Crippen molar-refractivity contribution in [1.82, 2.24) is 9.80 Å². The van der Waals surface area contributed by atoms with Crippen LogP contribution in [0.5, 0.6) is 0 Å². The van der Waals surface area contributed by atoms with Crippen LogP contribution in [0.2, 0.25) is 5.02 Å². The van der Waals surface area contributed by atoms with Crippen LogP contribution in [-0.4, -0.2) is 60.7 Å². The molecule has 3 heterocycles. The van der Waals surface area contributed by atoms with E-state index in [1.54, 1.807) is 23.1 Å². The van der Waals surface area contributed by atoms with E-state index in [0.29, 0.717) is 46.8 Å². The fourth-order valence-electron chi connectivity index (χ4n) is 5.59. The fraction of sp³-hybridized carbons (Fsp3) is 0.429. The van der Waals surface area contributed by atoms with Gasteiger partial charge in [-0.3, -0.25) is 9.69 Å². The van der Waals surface area contributed by atoms with Crippen LogP contribution in [0, 0.1) is 6.92 Å². The van der Waals surface area contributed by atoms with E-state index in [1.165, 1.54) is 11.9 Å². The average Bonchev–Trinajstić information content (AvgIpc) is 2.88. The number of fused-ring (bicyclic) bond motifs is 3. The van der Waals surface area contributed by atoms with E-state index in [1.807, 2.05) is 13.2 Å². The van der Waals surface area contributed by atoms with Gasteiger partial charge in [-0.1, -0.05) is 23.5 Å². The van der Waals surface area contributed by atoms with Gasteiger partial charge < -0.3 is 18.9 Å². The summed E-state index contributed by atoms with van der Waals surface area (Å²) in [6.07, 6.45) is 2.51. The van der Waals surface area contributed by atoms with E-state index in [2.05, 4.69) is 47.5 Å². The third-order valence-corrected chi connectivity index (χ3v) is 8.64. The second-order valence-electron chi connectivity index (χ2n) is 10.2. The Morgan fingerprint density at radius 3 is 2.54 bits per heavy atom. The summed E-state index contributed by atoms with van der Waals surface area (Å²) < 4.78 is 9.03. The molecule has 3 aromatic rings. The van der Waals surface area contributed by atoms with Crippen LogP contribution in [0.4, 0.5) is 11.4 Å². The minimum absolute atomic E-state index is 0.146. The second kappa shape index (κ2) is 10.2. The molecule has 196 valence electrons. The molecule has 1 N–H and O–H groups in total. The van der Waals surface area contributed by atoms with Crippen LogP contribution < -0.4 is 15.2 Å². The van der Waals surface area contributed by atoms with Crippen LogP contribution in [0.15, 0.2) is 39.5 Å². The Morgan fingerprint density at radius 1 is 1.14 bits per heavy atom. The molecule has 2 unspecified atom stereocenters. The smallest absolute Gasteiger partial charge is 0.341 e. The van der Waals surface area contributed by atoms with Gasteiger partial charge in [0.05, 0.1) is 22.8 Å². The van der Waals surface area contributed by atoms with Crippen molar-refractivity contribution in [2.24, 2.45) is 0 Å². The molecule has 1 saturated heterocycles. The van der Waals surface area contributed by atoms with E-state index < -0.39 is 0 Å². The Labute approximate surface area is 226 Å². The summed E-state index contributed by atoms with van der Waals surface area (Å²) in [5.74, 6) is -0.146. The number of halogens is 1. The van der Waals surface area contributed by atoms with Crippen molar-refractivity contribution in [3.63, 3.8) is 0 Å². The zero-order chi connectivity index (χ0) is 26.4. The summed E-state index contributed by atoms with van der Waals surface area (Å²) in [6.45, 7) is 9.14. The van der Waals surface area contributed by atoms with Gasteiger partial charge in [0.25, 0.3) is 5.91 Å². The predicted octanol–water partition coefficient (Wildman–Crippen LogP) is 5.17. The van der Waals surface area contributed by atoms with Gasteiger partial charge in [0.15, 0.2) is 0 Å². The van der Waals surface area contributed by atoms with Crippen molar-refractivity contribution in [3.8, 4) is 0 Å². The highest BCUT2D eigenvalue weighted by Gasteiger charge is 2.30. The monoisotopic (exact) mass is 540 g/mol. The Balaban J connectivity index is 1.44. The maximum Gasteiger partial charge on any atom is 0.341 e. The first kappa shape index (κ1) is 25.9. The van der Waals surface area contributed by atoms with Crippen molar-refractivity contribution in [2.75, 3.05) is 42.6 Å². The number of hydrogen-bond acceptors (Lipinski definition) is 7. The maximum absolute atomic E-state index is 13.3. The molecule has 5 rings (SSSR count). The zero-order valence-electron chi connectivity index (χ0n) is 21.9. The van der Waals surface area contributed by atoms with E-state index in [-0.39, 0.29) is 18.1 Å². The minimum Gasteiger partial charge on any atom is -0.422 e. The van der Waals surface area contributed by atoms with Gasteiger partial charge in [0.2, 0.25) is 0 Å². The number of likely N-dealkylation sites (N-methyl/N-ethyl adjacent to an activating group) is 1. The van der Waals surface area contributed by atoms with Crippen molar-refractivity contribution in [1.29, 1.82) is 0 Å². The summed E-state index contributed by atoms with van der Waals surface area (Å²) >= 11 is 7.79. The first-order valence-corrected chi connectivity index (χ1v) is 14.2. The van der Waals surface area contributed by atoms with Gasteiger partial charge in [-0.05, 0) is 70.1 Å². The summed E-state index contributed by atoms with van der Waals surface area (Å²) in [4.78, 5) is 32.9. The molecule has 0 bridgehead atoms. The van der Waals surface area contributed by atoms with Crippen LogP contribution in [-0.2, 0) is 13.0 Å². The second-order valence-corrected chi connectivity index (χ2v) is 11.2. The lowest BCUT2D eigenvalue weighted by atomic mass is 9.95. The molecule has 37 heavy (non-hydrogen) atoms. The minimum atomic E-state index is -0.363. The van der Waals surface area contributed by atoms with E-state index in [9.17, 15) is 9.59 Å². The number of hydrogen-bond donors (Lipinski definition) is 1. The number of anilines is 2. The molecule has 0 aliphatic carbocycles. The van der Waals surface area contributed by atoms with Gasteiger partial charge in [-0.2, -0.15) is 0 Å². The molecule has 2 atom stereocenters. The Morgan fingerprint density at radius 2 is 1.86 bits per heavy atom.